The van der Waals surface area contributed by atoms with Crippen molar-refractivity contribution in [1.82, 2.24) is 0 Å². The first kappa shape index (κ1) is 15.7. The van der Waals surface area contributed by atoms with Crippen LogP contribution in [0.3, 0.4) is 0 Å². The van der Waals surface area contributed by atoms with Crippen LogP contribution in [-0.4, -0.2) is 16.4 Å². The van der Waals surface area contributed by atoms with E-state index in [0.29, 0.717) is 0 Å². The molecule has 72 valence electrons. The summed E-state index contributed by atoms with van der Waals surface area (Å²) in [4.78, 5) is 8.56. The Hall–Kier alpha value is -0.710. The Morgan fingerprint density at radius 1 is 1.29 bits per heavy atom. The van der Waals surface area contributed by atoms with Crippen molar-refractivity contribution in [2.45, 2.75) is 6.92 Å². The van der Waals surface area contributed by atoms with Gasteiger partial charge in [-0.05, 0) is 12.1 Å². The molecule has 14 heavy (non-hydrogen) atoms. The molecule has 0 unspecified atom stereocenters. The predicted octanol–water partition coefficient (Wildman–Crippen LogP) is -0.527. The Labute approximate surface area is 105 Å². The molecule has 0 radical (unpaired) electrons. The zero-order chi connectivity index (χ0) is 10.1. The van der Waals surface area contributed by atoms with Gasteiger partial charge in [-0.3, -0.25) is 0 Å². The largest absolute Gasteiger partial charge is 1.00 e. The van der Waals surface area contributed by atoms with Crippen LogP contribution in [0.4, 0.5) is 4.79 Å². The van der Waals surface area contributed by atoms with Gasteiger partial charge in [0.15, 0.2) is 0 Å². The van der Waals surface area contributed by atoms with Crippen molar-refractivity contribution in [2.24, 2.45) is 0 Å². The zero-order valence-corrected chi connectivity index (χ0v) is 10.2. The number of carbonyl (C=O) groups is 1. The van der Waals surface area contributed by atoms with Crippen LogP contribution in [0.5, 0.6) is 5.75 Å². The van der Waals surface area contributed by atoms with E-state index in [1.54, 1.807) is 6.61 Å². The molecular weight excluding hydrogens is 195 g/mol. The van der Waals surface area contributed by atoms with E-state index in [4.69, 9.17) is 19.7 Å². The van der Waals surface area contributed by atoms with Crippen molar-refractivity contribution in [1.29, 1.82) is 0 Å². The van der Waals surface area contributed by atoms with E-state index < -0.39 is 6.16 Å². The first-order chi connectivity index (χ1) is 6.16. The molecule has 0 atom stereocenters. The molecular formula is C9H11NaO4. The van der Waals surface area contributed by atoms with Gasteiger partial charge in [0.1, 0.15) is 0 Å². The third kappa shape index (κ3) is 11.3. The molecule has 0 heterocycles. The first-order valence-electron chi connectivity index (χ1n) is 3.58. The van der Waals surface area contributed by atoms with Crippen molar-refractivity contribution in [2.75, 3.05) is 0 Å². The molecule has 2 N–H and O–H groups in total. The van der Waals surface area contributed by atoms with Crippen LogP contribution in [-0.2, 0) is 0 Å². The normalized spacial score (nSPS) is 7.50. The molecule has 5 heteroatoms. The average Bonchev–Trinajstić information content (AvgIpc) is 2.06. The Morgan fingerprint density at radius 3 is 2.07 bits per heavy atom. The van der Waals surface area contributed by atoms with Crippen molar-refractivity contribution in [3.8, 4) is 5.75 Å². The van der Waals surface area contributed by atoms with Crippen LogP contribution >= 0.6 is 0 Å². The second kappa shape index (κ2) is 10.4. The minimum Gasteiger partial charge on any atom is -0.663 e. The second-order valence-electron chi connectivity index (χ2n) is 1.95. The van der Waals surface area contributed by atoms with Gasteiger partial charge in [-0.1, -0.05) is 18.2 Å². The van der Waals surface area contributed by atoms with E-state index in [9.17, 15) is 0 Å². The molecule has 4 nitrogen and oxygen atoms in total. The molecule has 0 fully saturated rings. The van der Waals surface area contributed by atoms with Crippen molar-refractivity contribution < 1.29 is 49.3 Å². The van der Waals surface area contributed by atoms with Gasteiger partial charge in [0.05, 0.1) is 5.75 Å². The van der Waals surface area contributed by atoms with E-state index in [0.717, 1.165) is 5.75 Å². The van der Waals surface area contributed by atoms with Gasteiger partial charge in [-0.25, -0.2) is 4.79 Å². The number of benzene rings is 1. The van der Waals surface area contributed by atoms with Gasteiger partial charge >= 0.3 is 35.7 Å². The van der Waals surface area contributed by atoms with Crippen LogP contribution < -0.4 is 34.3 Å². The average molecular weight is 206 g/mol. The minimum absolute atomic E-state index is 0. The van der Waals surface area contributed by atoms with Gasteiger partial charge in [-0.15, -0.1) is 0 Å². The predicted molar refractivity (Wildman–Crippen MR) is 47.7 cm³/mol. The van der Waals surface area contributed by atoms with Crippen molar-refractivity contribution >= 4 is 6.16 Å². The third-order valence-corrected chi connectivity index (χ3v) is 0.997. The monoisotopic (exact) mass is 206 g/mol. The van der Waals surface area contributed by atoms with E-state index in [1.165, 1.54) is 0 Å². The summed E-state index contributed by atoms with van der Waals surface area (Å²) in [6.45, 7) is 3.52. The smallest absolute Gasteiger partial charge is 0.663 e. The topological polar surface area (TPSA) is 66.8 Å². The Morgan fingerprint density at radius 2 is 1.71 bits per heavy atom. The van der Waals surface area contributed by atoms with E-state index >= 15 is 0 Å². The molecule has 1 aromatic carbocycles. The number of ether oxygens (including phenoxy) is 1. The fraction of sp³-hybridized carbons (Fsp3) is 0.111. The molecule has 0 amide bonds. The quantitative estimate of drug-likeness (QED) is 0.504. The molecule has 0 aliphatic heterocycles. The fourth-order valence-electron chi connectivity index (χ4n) is 0.635. The first-order valence-corrected chi connectivity index (χ1v) is 3.58. The summed E-state index contributed by atoms with van der Waals surface area (Å²) < 4.78 is 5.08. The Kier molecular flexibility index (Phi) is 11.7. The standard InChI is InChI=1S/C8H9O.CH2O3.Na/c1-2-9-8-6-4-3-5-7-8;2-1(3)4;/h2-7H,1H3;(H2,2,3,4);/q-1;;+1. The van der Waals surface area contributed by atoms with Crippen LogP contribution in [0.1, 0.15) is 6.92 Å². The summed E-state index contributed by atoms with van der Waals surface area (Å²) in [7, 11) is 0. The van der Waals surface area contributed by atoms with Crippen LogP contribution in [0.15, 0.2) is 30.3 Å². The number of hydrogen-bond acceptors (Lipinski definition) is 2. The Balaban J connectivity index is 0. The van der Waals surface area contributed by atoms with Gasteiger partial charge in [0.25, 0.3) is 0 Å². The third-order valence-electron chi connectivity index (χ3n) is 0.997. The summed E-state index contributed by atoms with van der Waals surface area (Å²) in [5.41, 5.74) is 0. The SMILES string of the molecule is C[CH-]Oc1ccccc1.O=C(O)O.[Na+]. The van der Waals surface area contributed by atoms with Crippen molar-refractivity contribution in [3.63, 3.8) is 0 Å². The van der Waals surface area contributed by atoms with Crippen LogP contribution in [0, 0.1) is 6.61 Å². The number of para-hydroxylation sites is 1. The molecule has 0 saturated heterocycles. The second-order valence-corrected chi connectivity index (χ2v) is 1.95. The summed E-state index contributed by atoms with van der Waals surface area (Å²) in [6, 6.07) is 9.68. The van der Waals surface area contributed by atoms with E-state index in [-0.39, 0.29) is 29.6 Å². The van der Waals surface area contributed by atoms with Crippen LogP contribution in [0.2, 0.25) is 0 Å². The summed E-state index contributed by atoms with van der Waals surface area (Å²) in [6.07, 6.45) is -1.83. The van der Waals surface area contributed by atoms with Crippen LogP contribution in [0.25, 0.3) is 0 Å². The van der Waals surface area contributed by atoms with Gasteiger partial charge < -0.3 is 14.9 Å². The van der Waals surface area contributed by atoms with Gasteiger partial charge in [-0.2, -0.15) is 13.5 Å². The maximum absolute atomic E-state index is 8.56. The summed E-state index contributed by atoms with van der Waals surface area (Å²) in [5.74, 6) is 0.889. The maximum Gasteiger partial charge on any atom is 1.00 e. The molecule has 0 aliphatic carbocycles. The van der Waals surface area contributed by atoms with Crippen molar-refractivity contribution in [3.05, 3.63) is 36.9 Å². The summed E-state index contributed by atoms with van der Waals surface area (Å²) in [5, 5.41) is 13.9. The number of carboxylic acid groups (broad SMARTS) is 2. The minimum atomic E-state index is -1.83. The molecule has 0 aliphatic rings. The zero-order valence-electron chi connectivity index (χ0n) is 8.18. The maximum atomic E-state index is 8.56. The molecule has 0 aromatic heterocycles. The fourth-order valence-corrected chi connectivity index (χ4v) is 0.635. The molecule has 0 saturated carbocycles. The van der Waals surface area contributed by atoms with Gasteiger partial charge in [0.2, 0.25) is 0 Å². The number of hydrogen-bond donors (Lipinski definition) is 2. The van der Waals surface area contributed by atoms with E-state index in [1.807, 2.05) is 37.3 Å². The Bertz CT molecular complexity index is 234. The molecule has 0 bridgehead atoms. The van der Waals surface area contributed by atoms with E-state index in [2.05, 4.69) is 0 Å². The molecule has 0 spiro atoms. The molecule has 1 rings (SSSR count). The number of rotatable bonds is 2. The van der Waals surface area contributed by atoms with Gasteiger partial charge in [0, 0.05) is 0 Å². The summed E-state index contributed by atoms with van der Waals surface area (Å²) >= 11 is 0. The molecule has 1 aromatic rings.